The molecule has 4 rings (SSSR count). The number of oxazole rings is 1. The Balaban J connectivity index is 1.58. The van der Waals surface area contributed by atoms with Gasteiger partial charge in [0.05, 0.1) is 7.11 Å². The van der Waals surface area contributed by atoms with Crippen LogP contribution in [0.25, 0.3) is 22.6 Å². The topological polar surface area (TPSA) is 64.4 Å². The van der Waals surface area contributed by atoms with Gasteiger partial charge in [0.15, 0.2) is 23.0 Å². The average molecular weight is 472 g/mol. The van der Waals surface area contributed by atoms with E-state index >= 15 is 0 Å². The number of carbonyl (C=O) groups excluding carboxylic acids is 1. The number of halogens is 4. The third kappa shape index (κ3) is 4.09. The maximum Gasteiger partial charge on any atom is 0.261 e. The minimum absolute atomic E-state index is 0.138. The largest absolute Gasteiger partial charge is 0.491 e. The van der Waals surface area contributed by atoms with E-state index in [0.29, 0.717) is 28.5 Å². The molecule has 0 spiro atoms. The Kier molecular flexibility index (Phi) is 6.28. The van der Waals surface area contributed by atoms with Gasteiger partial charge in [-0.1, -0.05) is 19.9 Å². The zero-order valence-corrected chi connectivity index (χ0v) is 18.5. The lowest BCUT2D eigenvalue weighted by Gasteiger charge is -2.11. The van der Waals surface area contributed by atoms with E-state index in [-0.39, 0.29) is 5.69 Å². The van der Waals surface area contributed by atoms with E-state index in [9.17, 15) is 22.4 Å². The van der Waals surface area contributed by atoms with Crippen molar-refractivity contribution in [1.29, 1.82) is 0 Å². The monoisotopic (exact) mass is 472 g/mol. The zero-order chi connectivity index (χ0) is 24.6. The minimum atomic E-state index is -1.85. The van der Waals surface area contributed by atoms with Crippen molar-refractivity contribution in [2.24, 2.45) is 0 Å². The minimum Gasteiger partial charge on any atom is -0.491 e. The molecular formula is C25H20F4N2O3. The third-order valence-electron chi connectivity index (χ3n) is 5.64. The van der Waals surface area contributed by atoms with Crippen molar-refractivity contribution >= 4 is 22.7 Å². The molecule has 0 saturated carbocycles. The normalized spacial score (nSPS) is 12.1. The Morgan fingerprint density at radius 3 is 2.26 bits per heavy atom. The van der Waals surface area contributed by atoms with E-state index in [4.69, 9.17) is 4.42 Å². The molecule has 0 fully saturated rings. The standard InChI is InChI=1S/C25H20F4N2O3/c1-4-12(2)14-7-10-17-16(11-14)31-25(34-17)13-5-8-15(9-6-13)30-24(32)18-19(26)21(28)23(33-3)22(29)20(18)27/h5-12H,4H2,1-3H3,(H,30,32)/t12-/m0/s1. The molecular weight excluding hydrogens is 452 g/mol. The molecule has 0 aliphatic carbocycles. The third-order valence-corrected chi connectivity index (χ3v) is 5.64. The van der Waals surface area contributed by atoms with Crippen LogP contribution in [-0.2, 0) is 0 Å². The summed E-state index contributed by atoms with van der Waals surface area (Å²) in [6.45, 7) is 4.23. The van der Waals surface area contributed by atoms with Crippen LogP contribution >= 0.6 is 0 Å². The number of amides is 1. The molecule has 0 aliphatic heterocycles. The van der Waals surface area contributed by atoms with Crippen molar-refractivity contribution in [2.75, 3.05) is 12.4 Å². The highest BCUT2D eigenvalue weighted by molar-refractivity contribution is 6.05. The second kappa shape index (κ2) is 9.17. The van der Waals surface area contributed by atoms with Gasteiger partial charge in [-0.3, -0.25) is 4.79 Å². The van der Waals surface area contributed by atoms with Gasteiger partial charge in [0, 0.05) is 11.3 Å². The van der Waals surface area contributed by atoms with Crippen LogP contribution in [0.5, 0.6) is 5.75 Å². The number of methoxy groups -OCH3 is 1. The second-order valence-corrected chi connectivity index (χ2v) is 7.75. The van der Waals surface area contributed by atoms with Gasteiger partial charge in [0.1, 0.15) is 11.1 Å². The molecule has 1 amide bonds. The Morgan fingerprint density at radius 2 is 1.68 bits per heavy atom. The lowest BCUT2D eigenvalue weighted by Crippen LogP contribution is -2.18. The quantitative estimate of drug-likeness (QED) is 0.247. The lowest BCUT2D eigenvalue weighted by atomic mass is 9.98. The number of hydrogen-bond donors (Lipinski definition) is 1. The summed E-state index contributed by atoms with van der Waals surface area (Å²) in [5, 5.41) is 2.22. The molecule has 0 saturated heterocycles. The van der Waals surface area contributed by atoms with E-state index in [1.54, 1.807) is 12.1 Å². The van der Waals surface area contributed by atoms with E-state index in [0.717, 1.165) is 19.1 Å². The van der Waals surface area contributed by atoms with E-state index in [1.807, 2.05) is 18.2 Å². The first-order valence-corrected chi connectivity index (χ1v) is 10.5. The average Bonchev–Trinajstić information content (AvgIpc) is 3.26. The van der Waals surface area contributed by atoms with Gasteiger partial charge in [-0.05, 0) is 54.3 Å². The smallest absolute Gasteiger partial charge is 0.261 e. The number of ether oxygens (including phenoxy) is 1. The Labute approximate surface area is 192 Å². The van der Waals surface area contributed by atoms with Crippen LogP contribution < -0.4 is 10.1 Å². The number of aromatic nitrogens is 1. The summed E-state index contributed by atoms with van der Waals surface area (Å²) in [4.78, 5) is 16.9. The van der Waals surface area contributed by atoms with Gasteiger partial charge in [-0.2, -0.15) is 8.78 Å². The van der Waals surface area contributed by atoms with Crippen molar-refractivity contribution in [3.8, 4) is 17.2 Å². The molecule has 1 aromatic heterocycles. The van der Waals surface area contributed by atoms with E-state index < -0.39 is 40.5 Å². The highest BCUT2D eigenvalue weighted by atomic mass is 19.2. The summed E-state index contributed by atoms with van der Waals surface area (Å²) in [6, 6.07) is 11.9. The fraction of sp³-hybridized carbons (Fsp3) is 0.200. The molecule has 1 atom stereocenters. The molecule has 0 unspecified atom stereocenters. The molecule has 176 valence electrons. The van der Waals surface area contributed by atoms with Crippen LogP contribution in [0.1, 0.15) is 42.1 Å². The van der Waals surface area contributed by atoms with Crippen molar-refractivity contribution in [1.82, 2.24) is 4.98 Å². The molecule has 0 bridgehead atoms. The molecule has 34 heavy (non-hydrogen) atoms. The van der Waals surface area contributed by atoms with Crippen LogP contribution in [0.2, 0.25) is 0 Å². The molecule has 3 aromatic carbocycles. The Hall–Kier alpha value is -3.88. The first-order valence-electron chi connectivity index (χ1n) is 10.5. The maximum absolute atomic E-state index is 14.2. The van der Waals surface area contributed by atoms with Gasteiger partial charge in [0.2, 0.25) is 17.5 Å². The molecule has 1 N–H and O–H groups in total. The molecule has 4 aromatic rings. The molecule has 0 aliphatic rings. The number of hydrogen-bond acceptors (Lipinski definition) is 4. The number of rotatable bonds is 6. The van der Waals surface area contributed by atoms with Gasteiger partial charge in [-0.25, -0.2) is 13.8 Å². The van der Waals surface area contributed by atoms with Gasteiger partial charge in [0.25, 0.3) is 5.91 Å². The number of benzene rings is 3. The number of carbonyl (C=O) groups is 1. The summed E-state index contributed by atoms with van der Waals surface area (Å²) in [5.74, 6) is -9.17. The predicted molar refractivity (Wildman–Crippen MR) is 119 cm³/mol. The Morgan fingerprint density at radius 1 is 1.03 bits per heavy atom. The van der Waals surface area contributed by atoms with Crippen molar-refractivity contribution in [2.45, 2.75) is 26.2 Å². The van der Waals surface area contributed by atoms with Crippen molar-refractivity contribution in [3.63, 3.8) is 0 Å². The first kappa shape index (κ1) is 23.3. The zero-order valence-electron chi connectivity index (χ0n) is 18.5. The maximum atomic E-state index is 14.2. The van der Waals surface area contributed by atoms with Crippen LogP contribution in [0, 0.1) is 23.3 Å². The fourth-order valence-electron chi connectivity index (χ4n) is 3.49. The number of nitrogens with zero attached hydrogens (tertiary/aromatic N) is 1. The highest BCUT2D eigenvalue weighted by Gasteiger charge is 2.30. The Bertz CT molecular complexity index is 1350. The van der Waals surface area contributed by atoms with Crippen LogP contribution in [-0.4, -0.2) is 18.0 Å². The summed E-state index contributed by atoms with van der Waals surface area (Å²) >= 11 is 0. The van der Waals surface area contributed by atoms with Crippen LogP contribution in [0.4, 0.5) is 23.2 Å². The van der Waals surface area contributed by atoms with Crippen molar-refractivity contribution in [3.05, 3.63) is 76.9 Å². The molecule has 1 heterocycles. The summed E-state index contributed by atoms with van der Waals surface area (Å²) in [5.41, 5.74) is 1.82. The predicted octanol–water partition coefficient (Wildman–Crippen LogP) is 6.83. The lowest BCUT2D eigenvalue weighted by molar-refractivity contribution is 0.101. The molecule has 5 nitrogen and oxygen atoms in total. The first-order chi connectivity index (χ1) is 16.2. The van der Waals surface area contributed by atoms with Gasteiger partial charge >= 0.3 is 0 Å². The number of fused-ring (bicyclic) bond motifs is 1. The number of anilines is 1. The van der Waals surface area contributed by atoms with Gasteiger partial charge < -0.3 is 14.5 Å². The fourth-order valence-corrected chi connectivity index (χ4v) is 3.49. The van der Waals surface area contributed by atoms with Crippen LogP contribution in [0.15, 0.2) is 46.9 Å². The van der Waals surface area contributed by atoms with Crippen LogP contribution in [0.3, 0.4) is 0 Å². The SMILES string of the molecule is CC[C@H](C)c1ccc2oc(-c3ccc(NC(=O)c4c(F)c(F)c(OC)c(F)c4F)cc3)nc2c1. The van der Waals surface area contributed by atoms with Gasteiger partial charge in [-0.15, -0.1) is 0 Å². The summed E-state index contributed by atoms with van der Waals surface area (Å²) in [7, 11) is 0.850. The summed E-state index contributed by atoms with van der Waals surface area (Å²) < 4.78 is 66.3. The molecule has 0 radical (unpaired) electrons. The molecule has 9 heteroatoms. The second-order valence-electron chi connectivity index (χ2n) is 7.75. The van der Waals surface area contributed by atoms with Crippen molar-refractivity contribution < 1.29 is 31.5 Å². The highest BCUT2D eigenvalue weighted by Crippen LogP contribution is 2.31. The summed E-state index contributed by atoms with van der Waals surface area (Å²) in [6.07, 6.45) is 0.993. The van der Waals surface area contributed by atoms with E-state index in [1.165, 1.54) is 12.1 Å². The van der Waals surface area contributed by atoms with E-state index in [2.05, 4.69) is 28.9 Å². The number of nitrogens with one attached hydrogen (secondary N) is 1.